The molecule has 5 rings (SSSR count). The van der Waals surface area contributed by atoms with E-state index >= 15 is 0 Å². The minimum absolute atomic E-state index is 0.141. The zero-order valence-electron chi connectivity index (χ0n) is 18.8. The summed E-state index contributed by atoms with van der Waals surface area (Å²) < 4.78 is 6.38. The second kappa shape index (κ2) is 9.82. The Hall–Kier alpha value is -2.80. The number of thiocarbonyl (C=S) groups is 1. The van der Waals surface area contributed by atoms with Crippen molar-refractivity contribution in [2.75, 3.05) is 4.90 Å². The predicted octanol–water partition coefficient (Wildman–Crippen LogP) is 7.78. The van der Waals surface area contributed by atoms with E-state index in [4.69, 9.17) is 28.2 Å². The lowest BCUT2D eigenvalue weighted by Crippen LogP contribution is -2.29. The predicted molar refractivity (Wildman–Crippen MR) is 143 cm³/mol. The molecule has 1 aliphatic rings. The van der Waals surface area contributed by atoms with Crippen LogP contribution in [0.15, 0.2) is 99.5 Å². The van der Waals surface area contributed by atoms with Crippen LogP contribution in [-0.4, -0.2) is 10.1 Å². The molecule has 0 saturated carbocycles. The van der Waals surface area contributed by atoms with E-state index in [2.05, 4.69) is 53.3 Å². The van der Waals surface area contributed by atoms with E-state index in [1.807, 2.05) is 54.6 Å². The van der Waals surface area contributed by atoms with Crippen molar-refractivity contribution in [1.29, 1.82) is 0 Å². The Morgan fingerprint density at radius 3 is 2.44 bits per heavy atom. The molecule has 0 radical (unpaired) electrons. The first-order chi connectivity index (χ1) is 16.5. The number of nitrogens with one attached hydrogen (secondary N) is 1. The zero-order chi connectivity index (χ0) is 23.7. The van der Waals surface area contributed by atoms with Gasteiger partial charge >= 0.3 is 0 Å². The molecule has 2 aromatic carbocycles. The monoisotopic (exact) mass is 505 g/mol. The molecule has 0 aliphatic carbocycles. The Morgan fingerprint density at radius 2 is 1.76 bits per heavy atom. The summed E-state index contributed by atoms with van der Waals surface area (Å²) in [4.78, 5) is 7.81. The van der Waals surface area contributed by atoms with E-state index < -0.39 is 0 Å². The van der Waals surface area contributed by atoms with E-state index in [1.165, 1.54) is 5.56 Å². The van der Waals surface area contributed by atoms with Crippen LogP contribution in [0.2, 0.25) is 5.02 Å². The summed E-state index contributed by atoms with van der Waals surface area (Å²) in [5, 5.41) is 5.66. The van der Waals surface area contributed by atoms with Crippen LogP contribution in [0.3, 0.4) is 0 Å². The van der Waals surface area contributed by atoms with Crippen molar-refractivity contribution in [2.24, 2.45) is 0 Å². The zero-order valence-corrected chi connectivity index (χ0v) is 21.2. The van der Waals surface area contributed by atoms with E-state index in [0.717, 1.165) is 27.1 Å². The third-order valence-corrected chi connectivity index (χ3v) is 7.36. The Labute approximate surface area is 214 Å². The number of furan rings is 1. The van der Waals surface area contributed by atoms with Crippen molar-refractivity contribution in [1.82, 2.24) is 10.3 Å². The van der Waals surface area contributed by atoms with Crippen molar-refractivity contribution in [3.63, 3.8) is 0 Å². The minimum Gasteiger partial charge on any atom is -0.452 e. The molecular formula is C27H24ClN3OS2. The van der Waals surface area contributed by atoms with E-state index in [1.54, 1.807) is 18.0 Å². The van der Waals surface area contributed by atoms with Crippen LogP contribution in [0, 0.1) is 0 Å². The van der Waals surface area contributed by atoms with Crippen molar-refractivity contribution < 1.29 is 4.42 Å². The fourth-order valence-electron chi connectivity index (χ4n) is 4.11. The van der Waals surface area contributed by atoms with E-state index in [-0.39, 0.29) is 12.1 Å². The summed E-state index contributed by atoms with van der Waals surface area (Å²) in [6.07, 6.45) is 1.81. The molecule has 0 unspecified atom stereocenters. The Bertz CT molecular complexity index is 1270. The number of hydrogen-bond donors (Lipinski definition) is 1. The van der Waals surface area contributed by atoms with Gasteiger partial charge < -0.3 is 14.6 Å². The van der Waals surface area contributed by atoms with Gasteiger partial charge in [0.2, 0.25) is 0 Å². The minimum atomic E-state index is -0.174. The highest BCUT2D eigenvalue weighted by Crippen LogP contribution is 2.43. The maximum absolute atomic E-state index is 6.38. The van der Waals surface area contributed by atoms with Gasteiger partial charge in [-0.1, -0.05) is 55.4 Å². The summed E-state index contributed by atoms with van der Waals surface area (Å²) in [5.41, 5.74) is 3.23. The molecule has 4 aromatic rings. The summed E-state index contributed by atoms with van der Waals surface area (Å²) in [7, 11) is 0. The largest absolute Gasteiger partial charge is 0.452 e. The van der Waals surface area contributed by atoms with Crippen LogP contribution in [0.25, 0.3) is 0 Å². The van der Waals surface area contributed by atoms with Gasteiger partial charge in [0.05, 0.1) is 11.7 Å². The second-order valence-corrected chi connectivity index (χ2v) is 10.4. The third kappa shape index (κ3) is 4.71. The Balaban J connectivity index is 1.51. The van der Waals surface area contributed by atoms with Gasteiger partial charge in [0.1, 0.15) is 11.8 Å². The maximum atomic E-state index is 6.38. The first kappa shape index (κ1) is 23.0. The number of nitrogens with zero attached hydrogens (tertiary/aromatic N) is 2. The molecule has 2 atom stereocenters. The van der Waals surface area contributed by atoms with Gasteiger partial charge in [0.15, 0.2) is 10.2 Å². The lowest BCUT2D eigenvalue weighted by Gasteiger charge is -2.26. The molecule has 0 amide bonds. The lowest BCUT2D eigenvalue weighted by molar-refractivity contribution is 0.383. The van der Waals surface area contributed by atoms with Crippen LogP contribution < -0.4 is 10.2 Å². The number of aromatic nitrogens is 1. The van der Waals surface area contributed by atoms with Gasteiger partial charge in [-0.15, -0.1) is 0 Å². The highest BCUT2D eigenvalue weighted by molar-refractivity contribution is 7.99. The molecule has 1 fully saturated rings. The number of rotatable bonds is 6. The van der Waals surface area contributed by atoms with Gasteiger partial charge in [-0.3, -0.25) is 4.98 Å². The first-order valence-corrected chi connectivity index (χ1v) is 12.7. The topological polar surface area (TPSA) is 41.3 Å². The molecule has 7 heteroatoms. The molecule has 1 N–H and O–H groups in total. The lowest BCUT2D eigenvalue weighted by atomic mass is 10.0. The molecular weight excluding hydrogens is 482 g/mol. The Kier molecular flexibility index (Phi) is 6.63. The number of anilines is 1. The molecule has 1 saturated heterocycles. The maximum Gasteiger partial charge on any atom is 0.174 e. The average molecular weight is 506 g/mol. The normalized spacial score (nSPS) is 17.9. The quantitative estimate of drug-likeness (QED) is 0.270. The molecule has 172 valence electrons. The van der Waals surface area contributed by atoms with Gasteiger partial charge in [-0.05, 0) is 84.4 Å². The van der Waals surface area contributed by atoms with Gasteiger partial charge in [-0.2, -0.15) is 0 Å². The first-order valence-electron chi connectivity index (χ1n) is 11.1. The molecule has 0 spiro atoms. The van der Waals surface area contributed by atoms with Gasteiger partial charge in [0.25, 0.3) is 0 Å². The van der Waals surface area contributed by atoms with Crippen LogP contribution >= 0.6 is 35.6 Å². The molecule has 2 aromatic heterocycles. The molecule has 34 heavy (non-hydrogen) atoms. The van der Waals surface area contributed by atoms with Crippen molar-refractivity contribution in [3.8, 4) is 0 Å². The third-order valence-electron chi connectivity index (χ3n) is 5.86. The van der Waals surface area contributed by atoms with Crippen LogP contribution in [0.1, 0.15) is 48.9 Å². The molecule has 0 bridgehead atoms. The number of pyridine rings is 1. The summed E-state index contributed by atoms with van der Waals surface area (Å²) in [6, 6.07) is 26.0. The smallest absolute Gasteiger partial charge is 0.174 e. The van der Waals surface area contributed by atoms with Crippen molar-refractivity contribution in [3.05, 3.63) is 107 Å². The van der Waals surface area contributed by atoms with Crippen LogP contribution in [0.5, 0.6) is 0 Å². The Morgan fingerprint density at radius 1 is 1.00 bits per heavy atom. The molecule has 3 heterocycles. The van der Waals surface area contributed by atoms with E-state index in [0.29, 0.717) is 16.1 Å². The highest BCUT2D eigenvalue weighted by atomic mass is 35.5. The van der Waals surface area contributed by atoms with Crippen molar-refractivity contribution >= 4 is 46.4 Å². The van der Waals surface area contributed by atoms with E-state index in [9.17, 15) is 0 Å². The fraction of sp³-hybridized carbons (Fsp3) is 0.185. The second-order valence-electron chi connectivity index (χ2n) is 8.46. The molecule has 4 nitrogen and oxygen atoms in total. The SMILES string of the molecule is CC(C)c1ccc(N2C(=S)N[C@H](c3ccccn3)[C@@H]2c2ccc(Sc3ccc(Cl)cc3)o2)cc1. The number of hydrogen-bond acceptors (Lipinski definition) is 4. The fourth-order valence-corrected chi connectivity index (χ4v) is 5.36. The average Bonchev–Trinajstić information content (AvgIpc) is 3.45. The standard InChI is InChI=1S/C27H24ClN3OS2/c1-17(2)18-6-10-20(11-7-18)31-26(25(30-27(31)33)22-5-3-4-16-29-22)23-14-15-24(32-23)34-21-12-8-19(28)9-13-21/h3-17,25-26H,1-2H3,(H,30,33)/t25-,26+/m1/s1. The summed E-state index contributed by atoms with van der Waals surface area (Å²) in [6.45, 7) is 4.39. The van der Waals surface area contributed by atoms with Crippen molar-refractivity contribution in [2.45, 2.75) is 41.8 Å². The van der Waals surface area contributed by atoms with Crippen LogP contribution in [0.4, 0.5) is 5.69 Å². The van der Waals surface area contributed by atoms with Crippen LogP contribution in [-0.2, 0) is 0 Å². The molecule has 1 aliphatic heterocycles. The highest BCUT2D eigenvalue weighted by Gasteiger charge is 2.42. The number of benzene rings is 2. The number of halogens is 1. The van der Waals surface area contributed by atoms with Gasteiger partial charge in [-0.25, -0.2) is 0 Å². The van der Waals surface area contributed by atoms with Gasteiger partial charge in [0, 0.05) is 21.8 Å². The summed E-state index contributed by atoms with van der Waals surface area (Å²) >= 11 is 13.4. The summed E-state index contributed by atoms with van der Waals surface area (Å²) in [5.74, 6) is 1.29.